The zero-order valence-corrected chi connectivity index (χ0v) is 7.84. The lowest BCUT2D eigenvalue weighted by atomic mass is 9.98. The van der Waals surface area contributed by atoms with E-state index in [0.29, 0.717) is 5.56 Å². The second-order valence-corrected chi connectivity index (χ2v) is 3.17. The minimum Gasteiger partial charge on any atom is -0.479 e. The zero-order valence-electron chi connectivity index (χ0n) is 7.84. The number of carboxylic acid groups (broad SMARTS) is 1. The highest BCUT2D eigenvalue weighted by molar-refractivity contribution is 5.73. The summed E-state index contributed by atoms with van der Waals surface area (Å²) in [5.74, 6) is -1.30. The summed E-state index contributed by atoms with van der Waals surface area (Å²) in [5, 5.41) is 17.8. The average molecular weight is 195 g/mol. The van der Waals surface area contributed by atoms with Crippen molar-refractivity contribution in [3.8, 4) is 0 Å². The molecule has 4 nitrogen and oxygen atoms in total. The lowest BCUT2D eigenvalue weighted by Crippen LogP contribution is -2.33. The summed E-state index contributed by atoms with van der Waals surface area (Å²) in [7, 11) is 0. The van der Waals surface area contributed by atoms with E-state index >= 15 is 0 Å². The maximum Gasteiger partial charge on any atom is 0.334 e. The van der Waals surface area contributed by atoms with Crippen molar-refractivity contribution in [2.45, 2.75) is 19.1 Å². The van der Waals surface area contributed by atoms with Crippen molar-refractivity contribution < 1.29 is 15.0 Å². The fraction of sp³-hybridized carbons (Fsp3) is 0.300. The molecule has 0 amide bonds. The Morgan fingerprint density at radius 2 is 2.00 bits per heavy atom. The highest BCUT2D eigenvalue weighted by Gasteiger charge is 2.24. The fourth-order valence-corrected chi connectivity index (χ4v) is 1.28. The molecule has 76 valence electrons. The molecule has 1 rings (SSSR count). The first-order valence-corrected chi connectivity index (χ1v) is 4.26. The Hall–Kier alpha value is -1.39. The van der Waals surface area contributed by atoms with Crippen molar-refractivity contribution in [2.75, 3.05) is 0 Å². The molecule has 1 aromatic carbocycles. The van der Waals surface area contributed by atoms with Gasteiger partial charge in [0.1, 0.15) is 0 Å². The lowest BCUT2D eigenvalue weighted by Gasteiger charge is -2.17. The number of carboxylic acids is 1. The third kappa shape index (κ3) is 2.10. The third-order valence-electron chi connectivity index (χ3n) is 2.14. The smallest absolute Gasteiger partial charge is 0.334 e. The van der Waals surface area contributed by atoms with E-state index in [9.17, 15) is 9.90 Å². The van der Waals surface area contributed by atoms with E-state index in [2.05, 4.69) is 0 Å². The van der Waals surface area contributed by atoms with E-state index in [-0.39, 0.29) is 0 Å². The number of aliphatic carboxylic acids is 1. The molecule has 4 heteroatoms. The first kappa shape index (κ1) is 10.7. The maximum absolute atomic E-state index is 10.5. The molecule has 4 N–H and O–H groups in total. The summed E-state index contributed by atoms with van der Waals surface area (Å²) in [6.45, 7) is 1.82. The highest BCUT2D eigenvalue weighted by atomic mass is 16.4. The van der Waals surface area contributed by atoms with Gasteiger partial charge in [-0.15, -0.1) is 0 Å². The number of benzene rings is 1. The molecule has 0 radical (unpaired) electrons. The number of hydrogen-bond acceptors (Lipinski definition) is 3. The number of nitrogens with two attached hydrogens (primary N) is 1. The van der Waals surface area contributed by atoms with Crippen LogP contribution in [0.25, 0.3) is 0 Å². The Bertz CT molecular complexity index is 338. The van der Waals surface area contributed by atoms with Crippen molar-refractivity contribution >= 4 is 5.97 Å². The van der Waals surface area contributed by atoms with Gasteiger partial charge in [0, 0.05) is 0 Å². The van der Waals surface area contributed by atoms with Gasteiger partial charge in [-0.05, 0) is 18.1 Å². The zero-order chi connectivity index (χ0) is 10.7. The van der Waals surface area contributed by atoms with Gasteiger partial charge in [0.05, 0.1) is 6.04 Å². The molecule has 0 aliphatic heterocycles. The summed E-state index contributed by atoms with van der Waals surface area (Å²) in [5.41, 5.74) is 7.14. The predicted molar refractivity (Wildman–Crippen MR) is 51.8 cm³/mol. The van der Waals surface area contributed by atoms with Crippen LogP contribution in [0.4, 0.5) is 0 Å². The van der Waals surface area contributed by atoms with Crippen LogP contribution in [0.3, 0.4) is 0 Å². The lowest BCUT2D eigenvalue weighted by molar-refractivity contribution is -0.147. The molecule has 0 fully saturated rings. The van der Waals surface area contributed by atoms with E-state index in [1.165, 1.54) is 0 Å². The van der Waals surface area contributed by atoms with Crippen molar-refractivity contribution in [1.29, 1.82) is 0 Å². The molecule has 14 heavy (non-hydrogen) atoms. The van der Waals surface area contributed by atoms with Crippen LogP contribution in [0.1, 0.15) is 17.2 Å². The molecular formula is C10H13NO3. The van der Waals surface area contributed by atoms with Crippen molar-refractivity contribution in [3.63, 3.8) is 0 Å². The molecule has 0 aromatic heterocycles. The van der Waals surface area contributed by atoms with Crippen LogP contribution in [0.2, 0.25) is 0 Å². The second kappa shape index (κ2) is 4.21. The van der Waals surface area contributed by atoms with Crippen LogP contribution in [0.15, 0.2) is 24.3 Å². The number of aliphatic hydroxyl groups excluding tert-OH is 1. The predicted octanol–water partition coefficient (Wildman–Crippen LogP) is 0.440. The first-order chi connectivity index (χ1) is 6.54. The van der Waals surface area contributed by atoms with Crippen molar-refractivity contribution in [1.82, 2.24) is 0 Å². The summed E-state index contributed by atoms with van der Waals surface area (Å²) >= 11 is 0. The van der Waals surface area contributed by atoms with Crippen molar-refractivity contribution in [3.05, 3.63) is 35.4 Å². The molecule has 0 aliphatic rings. The van der Waals surface area contributed by atoms with Gasteiger partial charge in [-0.1, -0.05) is 24.3 Å². The van der Waals surface area contributed by atoms with E-state index in [1.807, 2.05) is 19.1 Å². The molecule has 0 saturated heterocycles. The molecule has 0 saturated carbocycles. The monoisotopic (exact) mass is 195 g/mol. The van der Waals surface area contributed by atoms with Crippen LogP contribution in [0.5, 0.6) is 0 Å². The SMILES string of the molecule is Cc1ccccc1[C@H](N)[C@H](O)C(=O)O. The van der Waals surface area contributed by atoms with Gasteiger partial charge in [-0.3, -0.25) is 0 Å². The van der Waals surface area contributed by atoms with E-state index in [0.717, 1.165) is 5.56 Å². The number of aryl methyl sites for hydroxylation is 1. The van der Waals surface area contributed by atoms with Gasteiger partial charge in [0.15, 0.2) is 6.10 Å². The molecule has 0 spiro atoms. The van der Waals surface area contributed by atoms with Crippen LogP contribution < -0.4 is 5.73 Å². The van der Waals surface area contributed by atoms with Gasteiger partial charge in [0.2, 0.25) is 0 Å². The average Bonchev–Trinajstić information content (AvgIpc) is 2.16. The van der Waals surface area contributed by atoms with Gasteiger partial charge in [0.25, 0.3) is 0 Å². The quantitative estimate of drug-likeness (QED) is 0.653. The molecule has 1 aromatic rings. The number of carbonyl (C=O) groups is 1. The normalized spacial score (nSPS) is 14.8. The van der Waals surface area contributed by atoms with Gasteiger partial charge in [-0.25, -0.2) is 4.79 Å². The fourth-order valence-electron chi connectivity index (χ4n) is 1.28. The minimum absolute atomic E-state index is 0.655. The van der Waals surface area contributed by atoms with Gasteiger partial charge in [-0.2, -0.15) is 0 Å². The summed E-state index contributed by atoms with van der Waals surface area (Å²) < 4.78 is 0. The second-order valence-electron chi connectivity index (χ2n) is 3.17. The molecular weight excluding hydrogens is 182 g/mol. The third-order valence-corrected chi connectivity index (χ3v) is 2.14. The van der Waals surface area contributed by atoms with E-state index in [1.54, 1.807) is 12.1 Å². The standard InChI is InChI=1S/C10H13NO3/c1-6-4-2-3-5-7(6)8(11)9(12)10(13)14/h2-5,8-9,12H,11H2,1H3,(H,13,14)/t8-,9-/m0/s1. The summed E-state index contributed by atoms with van der Waals surface area (Å²) in [6, 6.07) is 6.25. The largest absolute Gasteiger partial charge is 0.479 e. The van der Waals surface area contributed by atoms with E-state index in [4.69, 9.17) is 10.8 Å². The minimum atomic E-state index is -1.56. The van der Waals surface area contributed by atoms with Crippen molar-refractivity contribution in [2.24, 2.45) is 5.73 Å². The van der Waals surface area contributed by atoms with Gasteiger partial charge < -0.3 is 15.9 Å². The Kier molecular flexibility index (Phi) is 3.22. The molecule has 0 bridgehead atoms. The molecule has 0 aliphatic carbocycles. The van der Waals surface area contributed by atoms with Gasteiger partial charge >= 0.3 is 5.97 Å². The maximum atomic E-state index is 10.5. The Balaban J connectivity index is 2.94. The molecule has 2 atom stereocenters. The topological polar surface area (TPSA) is 83.5 Å². The Labute approximate surface area is 82.0 Å². The van der Waals surface area contributed by atoms with Crippen LogP contribution >= 0.6 is 0 Å². The highest BCUT2D eigenvalue weighted by Crippen LogP contribution is 2.18. The van der Waals surface area contributed by atoms with Crippen LogP contribution in [0, 0.1) is 6.92 Å². The van der Waals surface area contributed by atoms with Crippen LogP contribution in [-0.4, -0.2) is 22.3 Å². The number of aliphatic hydroxyl groups is 1. The van der Waals surface area contributed by atoms with E-state index < -0.39 is 18.1 Å². The Morgan fingerprint density at radius 3 is 2.50 bits per heavy atom. The number of rotatable bonds is 3. The first-order valence-electron chi connectivity index (χ1n) is 4.26. The number of hydrogen-bond donors (Lipinski definition) is 3. The van der Waals surface area contributed by atoms with Crippen LogP contribution in [-0.2, 0) is 4.79 Å². The Morgan fingerprint density at radius 1 is 1.43 bits per heavy atom. The summed E-state index contributed by atoms with van der Waals surface area (Å²) in [4.78, 5) is 10.5. The molecule has 0 heterocycles. The summed E-state index contributed by atoms with van der Waals surface area (Å²) in [6.07, 6.45) is -1.56. The molecule has 0 unspecified atom stereocenters.